The number of esters is 1. The summed E-state index contributed by atoms with van der Waals surface area (Å²) in [5, 5.41) is 45.4. The van der Waals surface area contributed by atoms with Gasteiger partial charge in [0.05, 0.1) is 19.4 Å². The van der Waals surface area contributed by atoms with Crippen molar-refractivity contribution in [3.8, 4) is 0 Å². The zero-order valence-electron chi connectivity index (χ0n) is 9.88. The van der Waals surface area contributed by atoms with E-state index in [0.29, 0.717) is 0 Å². The summed E-state index contributed by atoms with van der Waals surface area (Å²) >= 11 is 0. The molecule has 110 valence electrons. The van der Waals surface area contributed by atoms with Crippen molar-refractivity contribution in [3.63, 3.8) is 0 Å². The first-order chi connectivity index (χ1) is 8.86. The lowest BCUT2D eigenvalue weighted by molar-refractivity contribution is -0.163. The molecule has 0 saturated carbocycles. The van der Waals surface area contributed by atoms with Gasteiger partial charge in [-0.2, -0.15) is 0 Å². The molecule has 0 bridgehead atoms. The molecule has 9 heteroatoms. The van der Waals surface area contributed by atoms with E-state index in [-0.39, 0.29) is 0 Å². The van der Waals surface area contributed by atoms with Crippen LogP contribution in [0.3, 0.4) is 0 Å². The van der Waals surface area contributed by atoms with E-state index in [1.54, 1.807) is 0 Å². The third kappa shape index (κ3) is 4.11. The fourth-order valence-electron chi connectivity index (χ4n) is 1.65. The van der Waals surface area contributed by atoms with Crippen LogP contribution in [0.15, 0.2) is 0 Å². The first-order valence-corrected chi connectivity index (χ1v) is 5.58. The predicted molar refractivity (Wildman–Crippen MR) is 56.7 cm³/mol. The van der Waals surface area contributed by atoms with Gasteiger partial charge >= 0.3 is 11.9 Å². The maximum atomic E-state index is 11.3. The average Bonchev–Trinajstić information content (AvgIpc) is 2.63. The normalized spacial score (nSPS) is 32.0. The molecule has 1 fully saturated rings. The van der Waals surface area contributed by atoms with Crippen molar-refractivity contribution < 1.29 is 44.6 Å². The molecule has 5 atom stereocenters. The number of ether oxygens (including phenoxy) is 2. The van der Waals surface area contributed by atoms with Gasteiger partial charge in [0.2, 0.25) is 0 Å². The Labute approximate surface area is 108 Å². The zero-order chi connectivity index (χ0) is 14.6. The van der Waals surface area contributed by atoms with E-state index in [9.17, 15) is 24.9 Å². The standard InChI is InChI=1S/C10H16O9/c11-3-4(12)8-9(7(16)10(17)19-8)18-6(15)2-1-5(13)14/h4,7-12,16-17H,1-3H2,(H,13,14)/t4-,7-,8-,9-,10?/m1/s1. The Balaban J connectivity index is 2.61. The fourth-order valence-corrected chi connectivity index (χ4v) is 1.65. The summed E-state index contributed by atoms with van der Waals surface area (Å²) in [6, 6.07) is 0. The topological polar surface area (TPSA) is 154 Å². The number of carbonyl (C=O) groups is 2. The van der Waals surface area contributed by atoms with Gasteiger partial charge < -0.3 is 35.0 Å². The van der Waals surface area contributed by atoms with Gasteiger partial charge in [-0.3, -0.25) is 9.59 Å². The number of carbonyl (C=O) groups excluding carboxylic acids is 1. The van der Waals surface area contributed by atoms with Crippen LogP contribution in [-0.2, 0) is 19.1 Å². The van der Waals surface area contributed by atoms with Crippen LogP contribution >= 0.6 is 0 Å². The molecule has 19 heavy (non-hydrogen) atoms. The third-order valence-electron chi connectivity index (χ3n) is 2.63. The molecule has 1 heterocycles. The number of carboxylic acid groups (broad SMARTS) is 1. The molecule has 9 nitrogen and oxygen atoms in total. The number of rotatable bonds is 6. The maximum absolute atomic E-state index is 11.3. The SMILES string of the molecule is O=C(O)CCC(=O)O[C@H]1[C@@H]([C@H](O)CO)OC(O)[C@@H]1O. The van der Waals surface area contributed by atoms with Crippen LogP contribution in [0.4, 0.5) is 0 Å². The van der Waals surface area contributed by atoms with Gasteiger partial charge in [-0.15, -0.1) is 0 Å². The molecule has 1 aliphatic rings. The summed E-state index contributed by atoms with van der Waals surface area (Å²) in [6.45, 7) is -0.715. The molecule has 0 aromatic rings. The molecule has 0 amide bonds. The molecular weight excluding hydrogens is 264 g/mol. The van der Waals surface area contributed by atoms with Gasteiger partial charge in [-0.1, -0.05) is 0 Å². The van der Waals surface area contributed by atoms with Crippen molar-refractivity contribution in [3.05, 3.63) is 0 Å². The van der Waals surface area contributed by atoms with Crippen LogP contribution in [0.25, 0.3) is 0 Å². The largest absolute Gasteiger partial charge is 0.481 e. The van der Waals surface area contributed by atoms with Gasteiger partial charge in [0.25, 0.3) is 0 Å². The van der Waals surface area contributed by atoms with Crippen molar-refractivity contribution in [2.75, 3.05) is 6.61 Å². The van der Waals surface area contributed by atoms with E-state index in [2.05, 4.69) is 0 Å². The molecule has 1 aliphatic heterocycles. The minimum atomic E-state index is -1.66. The van der Waals surface area contributed by atoms with Gasteiger partial charge in [0.1, 0.15) is 18.3 Å². The van der Waals surface area contributed by atoms with Crippen molar-refractivity contribution >= 4 is 11.9 Å². The summed E-state index contributed by atoms with van der Waals surface area (Å²) in [6.07, 6.45) is -8.23. The van der Waals surface area contributed by atoms with Crippen LogP contribution in [0.5, 0.6) is 0 Å². The second kappa shape index (κ2) is 6.78. The van der Waals surface area contributed by atoms with E-state index in [1.165, 1.54) is 0 Å². The molecule has 0 aromatic carbocycles. The second-order valence-corrected chi connectivity index (χ2v) is 4.08. The average molecular weight is 280 g/mol. The first kappa shape index (κ1) is 15.8. The van der Waals surface area contributed by atoms with Crippen molar-refractivity contribution in [2.45, 2.75) is 43.5 Å². The third-order valence-corrected chi connectivity index (χ3v) is 2.63. The number of aliphatic hydroxyl groups excluding tert-OH is 4. The summed E-state index contributed by atoms with van der Waals surface area (Å²) in [5.74, 6) is -2.11. The quantitative estimate of drug-likeness (QED) is 0.324. The van der Waals surface area contributed by atoms with Crippen LogP contribution < -0.4 is 0 Å². The zero-order valence-corrected chi connectivity index (χ0v) is 9.88. The van der Waals surface area contributed by atoms with Crippen molar-refractivity contribution in [1.29, 1.82) is 0 Å². The summed E-state index contributed by atoms with van der Waals surface area (Å²) in [7, 11) is 0. The summed E-state index contributed by atoms with van der Waals surface area (Å²) < 4.78 is 9.54. The van der Waals surface area contributed by atoms with E-state index >= 15 is 0 Å². The second-order valence-electron chi connectivity index (χ2n) is 4.08. The highest BCUT2D eigenvalue weighted by Crippen LogP contribution is 2.25. The Morgan fingerprint density at radius 2 is 1.89 bits per heavy atom. The van der Waals surface area contributed by atoms with E-state index in [0.717, 1.165) is 0 Å². The van der Waals surface area contributed by atoms with E-state index in [4.69, 9.17) is 19.7 Å². The molecule has 1 saturated heterocycles. The minimum Gasteiger partial charge on any atom is -0.481 e. The molecule has 0 aromatic heterocycles. The molecule has 1 unspecified atom stereocenters. The lowest BCUT2D eigenvalue weighted by Crippen LogP contribution is -2.43. The van der Waals surface area contributed by atoms with Crippen LogP contribution in [0.1, 0.15) is 12.8 Å². The van der Waals surface area contributed by atoms with Gasteiger partial charge in [-0.25, -0.2) is 0 Å². The highest BCUT2D eigenvalue weighted by Gasteiger charge is 2.48. The highest BCUT2D eigenvalue weighted by molar-refractivity contribution is 5.76. The maximum Gasteiger partial charge on any atom is 0.306 e. The van der Waals surface area contributed by atoms with Crippen LogP contribution in [0, 0.1) is 0 Å². The highest BCUT2D eigenvalue weighted by atomic mass is 16.7. The van der Waals surface area contributed by atoms with Gasteiger partial charge in [-0.05, 0) is 0 Å². The number of aliphatic hydroxyl groups is 4. The van der Waals surface area contributed by atoms with Gasteiger partial charge in [0, 0.05) is 0 Å². The molecule has 0 radical (unpaired) electrons. The summed E-state index contributed by atoms with van der Waals surface area (Å²) in [4.78, 5) is 21.6. The first-order valence-electron chi connectivity index (χ1n) is 5.58. The summed E-state index contributed by atoms with van der Waals surface area (Å²) in [5.41, 5.74) is 0. The predicted octanol–water partition coefficient (Wildman–Crippen LogP) is -2.81. The van der Waals surface area contributed by atoms with Gasteiger partial charge in [0.15, 0.2) is 12.4 Å². The molecule has 0 aliphatic carbocycles. The van der Waals surface area contributed by atoms with E-state index in [1.807, 2.05) is 0 Å². The van der Waals surface area contributed by atoms with Crippen LogP contribution in [-0.4, -0.2) is 74.8 Å². The van der Waals surface area contributed by atoms with E-state index < -0.39 is 62.1 Å². The van der Waals surface area contributed by atoms with Crippen molar-refractivity contribution in [1.82, 2.24) is 0 Å². The Hall–Kier alpha value is -1.26. The Bertz CT molecular complexity index is 331. The Morgan fingerprint density at radius 1 is 1.26 bits per heavy atom. The molecule has 5 N–H and O–H groups in total. The smallest absolute Gasteiger partial charge is 0.306 e. The molecular formula is C10H16O9. The monoisotopic (exact) mass is 280 g/mol. The Kier molecular flexibility index (Phi) is 5.63. The number of aliphatic carboxylic acids is 1. The number of hydrogen-bond donors (Lipinski definition) is 5. The lowest BCUT2D eigenvalue weighted by atomic mass is 10.1. The Morgan fingerprint density at radius 3 is 2.42 bits per heavy atom. The fraction of sp³-hybridized carbons (Fsp3) is 0.800. The number of hydrogen-bond acceptors (Lipinski definition) is 8. The minimum absolute atomic E-state index is 0.420. The van der Waals surface area contributed by atoms with Crippen molar-refractivity contribution in [2.24, 2.45) is 0 Å². The van der Waals surface area contributed by atoms with Crippen LogP contribution in [0.2, 0.25) is 0 Å². The molecule has 0 spiro atoms. The number of carboxylic acids is 1. The molecule has 1 rings (SSSR count). The lowest BCUT2D eigenvalue weighted by Gasteiger charge is -2.23.